The molecule has 0 aliphatic carbocycles. The number of benzene rings is 1. The summed E-state index contributed by atoms with van der Waals surface area (Å²) >= 11 is 0. The van der Waals surface area contributed by atoms with Gasteiger partial charge in [-0.2, -0.15) is 0 Å². The summed E-state index contributed by atoms with van der Waals surface area (Å²) in [6, 6.07) is 5.88. The predicted octanol–water partition coefficient (Wildman–Crippen LogP) is 1.12. The Kier molecular flexibility index (Phi) is 6.71. The molecular formula is C20H25N3O6. The monoisotopic (exact) mass is 403 g/mol. The van der Waals surface area contributed by atoms with Crippen LogP contribution in [0.25, 0.3) is 0 Å². The summed E-state index contributed by atoms with van der Waals surface area (Å²) in [7, 11) is 0. The van der Waals surface area contributed by atoms with Gasteiger partial charge in [-0.15, -0.1) is 0 Å². The fourth-order valence-corrected chi connectivity index (χ4v) is 3.23. The molecular weight excluding hydrogens is 378 g/mol. The van der Waals surface area contributed by atoms with Crippen LogP contribution in [-0.4, -0.2) is 62.3 Å². The van der Waals surface area contributed by atoms with E-state index in [2.05, 4.69) is 10.6 Å². The van der Waals surface area contributed by atoms with Gasteiger partial charge in [0.2, 0.25) is 0 Å². The number of rotatable bonds is 6. The normalized spacial score (nSPS) is 19.3. The van der Waals surface area contributed by atoms with Crippen LogP contribution >= 0.6 is 0 Å². The van der Waals surface area contributed by atoms with Crippen LogP contribution in [0.1, 0.15) is 25.5 Å². The Morgan fingerprint density at radius 3 is 2.55 bits per heavy atom. The van der Waals surface area contributed by atoms with Gasteiger partial charge in [0.05, 0.1) is 31.4 Å². The topological polar surface area (TPSA) is 106 Å². The number of hydrogen-bond donors (Lipinski definition) is 2. The Bertz CT molecular complexity index is 799. The molecule has 0 saturated carbocycles. The molecule has 1 aromatic rings. The number of ether oxygens (including phenoxy) is 3. The number of carbonyl (C=O) groups is 3. The number of nitrogens with zero attached hydrogens (tertiary/aromatic N) is 1. The number of carbonyl (C=O) groups excluding carboxylic acids is 3. The summed E-state index contributed by atoms with van der Waals surface area (Å²) in [6.07, 6.45) is 0. The maximum absolute atomic E-state index is 12.3. The SMILES string of the molecule is CCOC(=O)C1=C(C)NC(=O)N[C@H]1c1ccc(OCC(=O)N2CCOCC2)cc1. The minimum absolute atomic E-state index is 0.0590. The van der Waals surface area contributed by atoms with Gasteiger partial charge in [0.15, 0.2) is 6.61 Å². The molecule has 3 amide bonds. The molecule has 2 aliphatic rings. The van der Waals surface area contributed by atoms with Gasteiger partial charge in [-0.25, -0.2) is 9.59 Å². The highest BCUT2D eigenvalue weighted by Gasteiger charge is 2.32. The van der Waals surface area contributed by atoms with Crippen molar-refractivity contribution in [2.75, 3.05) is 39.5 Å². The van der Waals surface area contributed by atoms with E-state index in [1.807, 2.05) is 0 Å². The molecule has 1 atom stereocenters. The van der Waals surface area contributed by atoms with E-state index < -0.39 is 18.0 Å². The van der Waals surface area contributed by atoms with E-state index in [-0.39, 0.29) is 19.1 Å². The Morgan fingerprint density at radius 1 is 1.21 bits per heavy atom. The molecule has 29 heavy (non-hydrogen) atoms. The zero-order chi connectivity index (χ0) is 20.8. The van der Waals surface area contributed by atoms with Crippen molar-refractivity contribution < 1.29 is 28.6 Å². The minimum atomic E-state index is -0.633. The van der Waals surface area contributed by atoms with Crippen LogP contribution in [0, 0.1) is 0 Å². The Labute approximate surface area is 169 Å². The van der Waals surface area contributed by atoms with Crippen molar-refractivity contribution in [1.82, 2.24) is 15.5 Å². The van der Waals surface area contributed by atoms with Gasteiger partial charge < -0.3 is 29.7 Å². The maximum Gasteiger partial charge on any atom is 0.338 e. The zero-order valence-corrected chi connectivity index (χ0v) is 16.5. The van der Waals surface area contributed by atoms with Crippen LogP contribution in [0.15, 0.2) is 35.5 Å². The fourth-order valence-electron chi connectivity index (χ4n) is 3.23. The van der Waals surface area contributed by atoms with Crippen molar-refractivity contribution in [2.45, 2.75) is 19.9 Å². The first-order valence-electron chi connectivity index (χ1n) is 9.53. The molecule has 0 radical (unpaired) electrons. The molecule has 9 nitrogen and oxygen atoms in total. The van der Waals surface area contributed by atoms with Gasteiger partial charge in [-0.05, 0) is 31.5 Å². The third-order valence-electron chi connectivity index (χ3n) is 4.70. The molecule has 3 rings (SSSR count). The highest BCUT2D eigenvalue weighted by molar-refractivity contribution is 5.95. The number of morpholine rings is 1. The van der Waals surface area contributed by atoms with E-state index in [1.54, 1.807) is 43.0 Å². The van der Waals surface area contributed by atoms with E-state index in [0.717, 1.165) is 0 Å². The second kappa shape index (κ2) is 9.42. The average molecular weight is 403 g/mol. The largest absolute Gasteiger partial charge is 0.484 e. The summed E-state index contributed by atoms with van der Waals surface area (Å²) in [5, 5.41) is 5.34. The molecule has 0 aromatic heterocycles. The van der Waals surface area contributed by atoms with E-state index >= 15 is 0 Å². The van der Waals surface area contributed by atoms with Crippen LogP contribution in [0.2, 0.25) is 0 Å². The zero-order valence-electron chi connectivity index (χ0n) is 16.5. The van der Waals surface area contributed by atoms with Crippen molar-refractivity contribution in [2.24, 2.45) is 0 Å². The lowest BCUT2D eigenvalue weighted by molar-refractivity contribution is -0.139. The summed E-state index contributed by atoms with van der Waals surface area (Å²) in [5.41, 5.74) is 1.50. The smallest absolute Gasteiger partial charge is 0.338 e. The first-order valence-corrected chi connectivity index (χ1v) is 9.53. The van der Waals surface area contributed by atoms with Gasteiger partial charge >= 0.3 is 12.0 Å². The number of amides is 3. The van der Waals surface area contributed by atoms with Gasteiger partial charge in [0, 0.05) is 18.8 Å². The van der Waals surface area contributed by atoms with E-state index in [9.17, 15) is 14.4 Å². The minimum Gasteiger partial charge on any atom is -0.484 e. The summed E-state index contributed by atoms with van der Waals surface area (Å²) in [4.78, 5) is 38.1. The van der Waals surface area contributed by atoms with Crippen molar-refractivity contribution >= 4 is 17.9 Å². The average Bonchev–Trinajstić information content (AvgIpc) is 2.72. The summed E-state index contributed by atoms with van der Waals surface area (Å²) in [6.45, 7) is 5.78. The third kappa shape index (κ3) is 5.05. The van der Waals surface area contributed by atoms with Crippen LogP contribution in [0.3, 0.4) is 0 Å². The lowest BCUT2D eigenvalue weighted by Gasteiger charge is -2.28. The summed E-state index contributed by atoms with van der Waals surface area (Å²) in [5.74, 6) is -0.0564. The highest BCUT2D eigenvalue weighted by Crippen LogP contribution is 2.28. The number of nitrogens with one attached hydrogen (secondary N) is 2. The first-order chi connectivity index (χ1) is 14.0. The van der Waals surface area contributed by atoms with Crippen LogP contribution in [-0.2, 0) is 19.1 Å². The van der Waals surface area contributed by atoms with Gasteiger partial charge in [-0.1, -0.05) is 12.1 Å². The van der Waals surface area contributed by atoms with E-state index in [1.165, 1.54) is 0 Å². The van der Waals surface area contributed by atoms with Gasteiger partial charge in [0.1, 0.15) is 5.75 Å². The Hall–Kier alpha value is -3.07. The number of esters is 1. The molecule has 156 valence electrons. The van der Waals surface area contributed by atoms with E-state index in [4.69, 9.17) is 14.2 Å². The molecule has 1 saturated heterocycles. The summed E-state index contributed by atoms with van der Waals surface area (Å²) < 4.78 is 15.9. The molecule has 1 aromatic carbocycles. The molecule has 9 heteroatoms. The number of urea groups is 1. The van der Waals surface area contributed by atoms with Gasteiger partial charge in [-0.3, -0.25) is 4.79 Å². The predicted molar refractivity (Wildman–Crippen MR) is 103 cm³/mol. The van der Waals surface area contributed by atoms with E-state index in [0.29, 0.717) is 48.9 Å². The first kappa shape index (κ1) is 20.7. The fraction of sp³-hybridized carbons (Fsp3) is 0.450. The number of hydrogen-bond acceptors (Lipinski definition) is 6. The van der Waals surface area contributed by atoms with Crippen LogP contribution < -0.4 is 15.4 Å². The molecule has 0 bridgehead atoms. The third-order valence-corrected chi connectivity index (χ3v) is 4.70. The van der Waals surface area contributed by atoms with Gasteiger partial charge in [0.25, 0.3) is 5.91 Å². The lowest BCUT2D eigenvalue weighted by Crippen LogP contribution is -2.45. The van der Waals surface area contributed by atoms with Crippen LogP contribution in [0.4, 0.5) is 4.79 Å². The second-order valence-corrected chi connectivity index (χ2v) is 6.64. The Balaban J connectivity index is 1.67. The van der Waals surface area contributed by atoms with Crippen LogP contribution in [0.5, 0.6) is 5.75 Å². The maximum atomic E-state index is 12.3. The highest BCUT2D eigenvalue weighted by atomic mass is 16.5. The number of allylic oxidation sites excluding steroid dienone is 1. The standard InChI is InChI=1S/C20H25N3O6/c1-3-28-19(25)17-13(2)21-20(26)22-18(17)14-4-6-15(7-5-14)29-12-16(24)23-8-10-27-11-9-23/h4-7,18H,3,8-12H2,1-2H3,(H2,21,22,26)/t18-/m0/s1. The van der Waals surface area contributed by atoms with Crippen molar-refractivity contribution in [1.29, 1.82) is 0 Å². The molecule has 0 unspecified atom stereocenters. The molecule has 2 heterocycles. The quantitative estimate of drug-likeness (QED) is 0.690. The molecule has 2 aliphatic heterocycles. The lowest BCUT2D eigenvalue weighted by atomic mass is 9.95. The van der Waals surface area contributed by atoms with Crippen molar-refractivity contribution in [3.8, 4) is 5.75 Å². The van der Waals surface area contributed by atoms with Crippen molar-refractivity contribution in [3.05, 3.63) is 41.1 Å². The Morgan fingerprint density at radius 2 is 1.90 bits per heavy atom. The van der Waals surface area contributed by atoms with Crippen molar-refractivity contribution in [3.63, 3.8) is 0 Å². The molecule has 2 N–H and O–H groups in total. The molecule has 1 fully saturated rings. The molecule has 0 spiro atoms. The second-order valence-electron chi connectivity index (χ2n) is 6.64.